The van der Waals surface area contributed by atoms with Gasteiger partial charge in [0.05, 0.1) is 25.4 Å². The summed E-state index contributed by atoms with van der Waals surface area (Å²) in [6.45, 7) is 10.4. The Balaban J connectivity index is 1.34. The summed E-state index contributed by atoms with van der Waals surface area (Å²) in [5, 5.41) is 15.4. The number of aliphatic hydroxyl groups excluding tert-OH is 1. The van der Waals surface area contributed by atoms with Crippen LogP contribution in [-0.2, 0) is 16.0 Å². The number of nitrogens with zero attached hydrogens (tertiary/aromatic N) is 4. The van der Waals surface area contributed by atoms with E-state index < -0.39 is 6.10 Å². The molecule has 4 rings (SSSR count). The Hall–Kier alpha value is -1.81. The minimum atomic E-state index is -0.705. The zero-order valence-electron chi connectivity index (χ0n) is 22.3. The Morgan fingerprint density at radius 1 is 1.25 bits per heavy atom. The lowest BCUT2D eigenvalue weighted by Crippen LogP contribution is -2.53. The van der Waals surface area contributed by atoms with Crippen molar-refractivity contribution in [3.63, 3.8) is 0 Å². The van der Waals surface area contributed by atoms with Crippen LogP contribution in [0.25, 0.3) is 0 Å². The van der Waals surface area contributed by atoms with Gasteiger partial charge < -0.3 is 14.6 Å². The van der Waals surface area contributed by atoms with Gasteiger partial charge in [-0.1, -0.05) is 13.0 Å². The average Bonchev–Trinajstić information content (AvgIpc) is 3.13. The number of piperidine rings is 1. The molecule has 36 heavy (non-hydrogen) atoms. The molecule has 1 N–H and O–H groups in total. The molecular weight excluding hydrogens is 463 g/mol. The normalized spacial score (nSPS) is 27.4. The molecule has 2 aliphatic heterocycles. The lowest BCUT2D eigenvalue weighted by atomic mass is 9.91. The minimum absolute atomic E-state index is 0.0413. The highest BCUT2D eigenvalue weighted by molar-refractivity contribution is 5.35. The van der Waals surface area contributed by atoms with Gasteiger partial charge in [-0.2, -0.15) is 5.10 Å². The van der Waals surface area contributed by atoms with Crippen molar-refractivity contribution in [2.24, 2.45) is 0 Å². The number of aromatic nitrogens is 3. The van der Waals surface area contributed by atoms with Crippen LogP contribution in [0.2, 0.25) is 0 Å². The number of hydrogen-bond donors (Lipinski definition) is 1. The van der Waals surface area contributed by atoms with E-state index in [9.17, 15) is 14.3 Å². The van der Waals surface area contributed by atoms with E-state index in [-0.39, 0.29) is 42.3 Å². The van der Waals surface area contributed by atoms with Gasteiger partial charge >= 0.3 is 5.69 Å². The highest BCUT2D eigenvalue weighted by Crippen LogP contribution is 2.30. The summed E-state index contributed by atoms with van der Waals surface area (Å²) in [6.07, 6.45) is 6.91. The molecule has 0 amide bonds. The van der Waals surface area contributed by atoms with Crippen molar-refractivity contribution >= 4 is 0 Å². The van der Waals surface area contributed by atoms with E-state index in [1.165, 1.54) is 4.68 Å². The Bertz CT molecular complexity index is 1010. The molecule has 2 saturated heterocycles. The molecular formula is C27H43FN4O4. The second-order valence-electron chi connectivity index (χ2n) is 10.7. The van der Waals surface area contributed by atoms with E-state index in [1.807, 2.05) is 13.8 Å². The largest absolute Gasteiger partial charge is 0.390 e. The zero-order valence-corrected chi connectivity index (χ0v) is 22.3. The van der Waals surface area contributed by atoms with Crippen LogP contribution < -0.4 is 5.69 Å². The van der Waals surface area contributed by atoms with Crippen LogP contribution in [0, 0.1) is 6.92 Å². The van der Waals surface area contributed by atoms with E-state index in [4.69, 9.17) is 9.47 Å². The second kappa shape index (κ2) is 12.2. The van der Waals surface area contributed by atoms with Crippen molar-refractivity contribution in [2.45, 2.75) is 110 Å². The van der Waals surface area contributed by atoms with Gasteiger partial charge in [-0.15, -0.1) is 0 Å². The second-order valence-corrected chi connectivity index (χ2v) is 10.7. The lowest BCUT2D eigenvalue weighted by Gasteiger charge is -2.44. The summed E-state index contributed by atoms with van der Waals surface area (Å²) < 4.78 is 29.1. The number of ether oxygens (including phenoxy) is 2. The first kappa shape index (κ1) is 27.2. The summed E-state index contributed by atoms with van der Waals surface area (Å²) in [5.41, 5.74) is 1.55. The molecule has 0 spiro atoms. The van der Waals surface area contributed by atoms with Crippen molar-refractivity contribution in [3.8, 4) is 0 Å². The Labute approximate surface area is 213 Å². The number of β-amino-alcohol motifs (C(OH)–C–C–N with tert-alkyl or cyclic N) is 1. The molecule has 0 bridgehead atoms. The zero-order chi connectivity index (χ0) is 25.8. The molecule has 4 unspecified atom stereocenters. The molecule has 9 heteroatoms. The maximum absolute atomic E-state index is 14.3. The van der Waals surface area contributed by atoms with E-state index in [0.717, 1.165) is 44.1 Å². The molecule has 1 aromatic rings. The summed E-state index contributed by atoms with van der Waals surface area (Å²) in [5.74, 6) is 0.645. The third-order valence-electron chi connectivity index (χ3n) is 8.13. The number of halogens is 1. The fourth-order valence-electron chi connectivity index (χ4n) is 6.09. The number of allylic oxidation sites excluding steroid dienone is 2. The maximum Gasteiger partial charge on any atom is 0.346 e. The topological polar surface area (TPSA) is 81.8 Å². The average molecular weight is 507 g/mol. The lowest BCUT2D eigenvalue weighted by molar-refractivity contribution is -0.0475. The fourth-order valence-corrected chi connectivity index (χ4v) is 6.09. The van der Waals surface area contributed by atoms with Gasteiger partial charge in [-0.25, -0.2) is 13.9 Å². The Kier molecular flexibility index (Phi) is 9.19. The number of rotatable bonds is 9. The third kappa shape index (κ3) is 6.18. The van der Waals surface area contributed by atoms with E-state index in [1.54, 1.807) is 4.57 Å². The molecule has 1 aromatic heterocycles. The first-order valence-electron chi connectivity index (χ1n) is 13.6. The summed E-state index contributed by atoms with van der Waals surface area (Å²) in [4.78, 5) is 15.4. The van der Waals surface area contributed by atoms with Crippen LogP contribution in [0.5, 0.6) is 0 Å². The number of likely N-dealkylation sites (tertiary alicyclic amines) is 1. The van der Waals surface area contributed by atoms with Crippen LogP contribution in [0.4, 0.5) is 4.39 Å². The Morgan fingerprint density at radius 3 is 2.69 bits per heavy atom. The predicted molar refractivity (Wildman–Crippen MR) is 137 cm³/mol. The van der Waals surface area contributed by atoms with Gasteiger partial charge in [-0.3, -0.25) is 9.47 Å². The number of hydrogen-bond acceptors (Lipinski definition) is 6. The molecule has 0 radical (unpaired) electrons. The molecule has 202 valence electrons. The molecule has 8 nitrogen and oxygen atoms in total. The van der Waals surface area contributed by atoms with Crippen molar-refractivity contribution in [2.75, 3.05) is 26.4 Å². The first-order chi connectivity index (χ1) is 17.3. The molecule has 3 heterocycles. The standard InChI is InChI=1S/C27H43FN4O4/c1-5-21-14-24(36-17-25-18(2)7-6-8-26(25)28)13-19(3)30(21)15-23(33)16-31-27(34)32(20(4)29-31)22-9-11-35-12-10-22/h7,19,21-24,33H,5-6,8-17H2,1-4H3. The number of aliphatic hydroxyl groups is 1. The van der Waals surface area contributed by atoms with Gasteiger partial charge in [0.15, 0.2) is 0 Å². The highest BCUT2D eigenvalue weighted by atomic mass is 19.1. The fraction of sp³-hybridized carbons (Fsp3) is 0.778. The van der Waals surface area contributed by atoms with Crippen LogP contribution in [0.3, 0.4) is 0 Å². The van der Waals surface area contributed by atoms with Crippen LogP contribution in [-0.4, -0.2) is 75.0 Å². The smallest absolute Gasteiger partial charge is 0.346 e. The van der Waals surface area contributed by atoms with E-state index >= 15 is 0 Å². The van der Waals surface area contributed by atoms with Crippen molar-refractivity contribution in [1.29, 1.82) is 0 Å². The molecule has 1 aliphatic carbocycles. The van der Waals surface area contributed by atoms with Gasteiger partial charge in [0, 0.05) is 49.9 Å². The summed E-state index contributed by atoms with van der Waals surface area (Å²) in [7, 11) is 0. The minimum Gasteiger partial charge on any atom is -0.390 e. The van der Waals surface area contributed by atoms with Crippen LogP contribution in [0.1, 0.15) is 77.6 Å². The first-order valence-corrected chi connectivity index (χ1v) is 13.6. The SMILES string of the molecule is CCC1CC(OCC2=C(F)CCC=C2C)CC(C)N1CC(O)Cn1nc(C)n(C2CCOCC2)c1=O. The quantitative estimate of drug-likeness (QED) is 0.550. The highest BCUT2D eigenvalue weighted by Gasteiger charge is 2.34. The van der Waals surface area contributed by atoms with E-state index in [0.29, 0.717) is 44.2 Å². The molecule has 0 saturated carbocycles. The van der Waals surface area contributed by atoms with Crippen molar-refractivity contribution in [3.05, 3.63) is 39.4 Å². The Morgan fingerprint density at radius 2 is 2.00 bits per heavy atom. The van der Waals surface area contributed by atoms with Gasteiger partial charge in [0.1, 0.15) is 11.7 Å². The number of aryl methyl sites for hydroxylation is 1. The monoisotopic (exact) mass is 506 g/mol. The molecule has 2 fully saturated rings. The van der Waals surface area contributed by atoms with Gasteiger partial charge in [-0.05, 0) is 64.9 Å². The van der Waals surface area contributed by atoms with E-state index in [2.05, 4.69) is 29.9 Å². The molecule has 0 aromatic carbocycles. The third-order valence-corrected chi connectivity index (χ3v) is 8.13. The van der Waals surface area contributed by atoms with Crippen LogP contribution >= 0.6 is 0 Å². The van der Waals surface area contributed by atoms with Gasteiger partial charge in [0.25, 0.3) is 0 Å². The van der Waals surface area contributed by atoms with Gasteiger partial charge in [0.2, 0.25) is 0 Å². The molecule has 3 aliphatic rings. The van der Waals surface area contributed by atoms with Crippen molar-refractivity contribution in [1.82, 2.24) is 19.2 Å². The molecule has 4 atom stereocenters. The summed E-state index contributed by atoms with van der Waals surface area (Å²) >= 11 is 0. The van der Waals surface area contributed by atoms with Crippen molar-refractivity contribution < 1.29 is 19.0 Å². The summed E-state index contributed by atoms with van der Waals surface area (Å²) in [6, 6.07) is 0.578. The predicted octanol–water partition coefficient (Wildman–Crippen LogP) is 3.68. The van der Waals surface area contributed by atoms with Crippen LogP contribution in [0.15, 0.2) is 27.8 Å². The maximum atomic E-state index is 14.3.